The van der Waals surface area contributed by atoms with Crippen molar-refractivity contribution in [2.45, 2.75) is 51.0 Å². The van der Waals surface area contributed by atoms with E-state index < -0.39 is 0 Å². The molecule has 0 spiro atoms. The SMILES string of the molecule is N#CCCCNC(=O)CCC1CCCCN1. The molecule has 1 atom stereocenters. The Hall–Kier alpha value is -1.08. The fourth-order valence-electron chi connectivity index (χ4n) is 1.96. The summed E-state index contributed by atoms with van der Waals surface area (Å²) in [7, 11) is 0. The number of hydrogen-bond acceptors (Lipinski definition) is 3. The van der Waals surface area contributed by atoms with Crippen LogP contribution in [0.2, 0.25) is 0 Å². The molecule has 4 nitrogen and oxygen atoms in total. The predicted octanol–water partition coefficient (Wildman–Crippen LogP) is 1.33. The molecule has 16 heavy (non-hydrogen) atoms. The van der Waals surface area contributed by atoms with Crippen molar-refractivity contribution in [1.82, 2.24) is 10.6 Å². The molecule has 0 aromatic rings. The third kappa shape index (κ3) is 5.72. The maximum atomic E-state index is 11.4. The second kappa shape index (κ2) is 8.12. The number of piperidine rings is 1. The number of unbranched alkanes of at least 4 members (excludes halogenated alkanes) is 1. The fourth-order valence-corrected chi connectivity index (χ4v) is 1.96. The Bertz CT molecular complexity index is 241. The lowest BCUT2D eigenvalue weighted by atomic mass is 10.0. The van der Waals surface area contributed by atoms with E-state index in [4.69, 9.17) is 5.26 Å². The van der Waals surface area contributed by atoms with E-state index in [1.165, 1.54) is 19.3 Å². The highest BCUT2D eigenvalue weighted by Crippen LogP contribution is 2.11. The molecule has 1 aliphatic heterocycles. The monoisotopic (exact) mass is 223 g/mol. The molecular formula is C12H21N3O. The second-order valence-electron chi connectivity index (χ2n) is 4.30. The highest BCUT2D eigenvalue weighted by Gasteiger charge is 2.13. The Morgan fingerprint density at radius 3 is 3.06 bits per heavy atom. The molecule has 1 saturated heterocycles. The first-order valence-electron chi connectivity index (χ1n) is 6.20. The lowest BCUT2D eigenvalue weighted by molar-refractivity contribution is -0.121. The van der Waals surface area contributed by atoms with E-state index >= 15 is 0 Å². The van der Waals surface area contributed by atoms with Crippen LogP contribution in [0.15, 0.2) is 0 Å². The molecule has 0 radical (unpaired) electrons. The largest absolute Gasteiger partial charge is 0.356 e. The number of rotatable bonds is 6. The fraction of sp³-hybridized carbons (Fsp3) is 0.833. The van der Waals surface area contributed by atoms with Crippen molar-refractivity contribution < 1.29 is 4.79 Å². The quantitative estimate of drug-likeness (QED) is 0.668. The third-order valence-corrected chi connectivity index (χ3v) is 2.92. The van der Waals surface area contributed by atoms with E-state index in [1.54, 1.807) is 0 Å². The van der Waals surface area contributed by atoms with Crippen LogP contribution in [-0.2, 0) is 4.79 Å². The number of nitriles is 1. The number of carbonyl (C=O) groups excluding carboxylic acids is 1. The van der Waals surface area contributed by atoms with Crippen molar-refractivity contribution in [3.8, 4) is 6.07 Å². The van der Waals surface area contributed by atoms with Crippen LogP contribution in [-0.4, -0.2) is 25.0 Å². The highest BCUT2D eigenvalue weighted by molar-refractivity contribution is 5.75. The molecule has 1 fully saturated rings. The number of nitrogens with zero attached hydrogens (tertiary/aromatic N) is 1. The average Bonchev–Trinajstić information content (AvgIpc) is 2.33. The minimum absolute atomic E-state index is 0.116. The molecule has 0 bridgehead atoms. The van der Waals surface area contributed by atoms with Crippen molar-refractivity contribution in [3.05, 3.63) is 0 Å². The molecule has 1 unspecified atom stereocenters. The van der Waals surface area contributed by atoms with Gasteiger partial charge in [0.15, 0.2) is 0 Å². The lowest BCUT2D eigenvalue weighted by Crippen LogP contribution is -2.35. The molecule has 0 saturated carbocycles. The Labute approximate surface area is 97.4 Å². The van der Waals surface area contributed by atoms with Crippen LogP contribution < -0.4 is 10.6 Å². The summed E-state index contributed by atoms with van der Waals surface area (Å²) in [5, 5.41) is 14.6. The molecule has 4 heteroatoms. The summed E-state index contributed by atoms with van der Waals surface area (Å²) in [5.74, 6) is 0.116. The van der Waals surface area contributed by atoms with Crippen LogP contribution in [0.25, 0.3) is 0 Å². The summed E-state index contributed by atoms with van der Waals surface area (Å²) in [6.07, 6.45) is 6.54. The van der Waals surface area contributed by atoms with Gasteiger partial charge in [-0.3, -0.25) is 4.79 Å². The summed E-state index contributed by atoms with van der Waals surface area (Å²) >= 11 is 0. The van der Waals surface area contributed by atoms with Gasteiger partial charge in [-0.1, -0.05) is 6.42 Å². The van der Waals surface area contributed by atoms with E-state index in [2.05, 4.69) is 16.7 Å². The van der Waals surface area contributed by atoms with Gasteiger partial charge in [0.25, 0.3) is 0 Å². The van der Waals surface area contributed by atoms with Crippen LogP contribution in [0.3, 0.4) is 0 Å². The van der Waals surface area contributed by atoms with E-state index in [-0.39, 0.29) is 5.91 Å². The van der Waals surface area contributed by atoms with Crippen LogP contribution in [0.1, 0.15) is 44.9 Å². The normalized spacial score (nSPS) is 20.1. The molecule has 2 N–H and O–H groups in total. The van der Waals surface area contributed by atoms with Crippen LogP contribution in [0.4, 0.5) is 0 Å². The molecular weight excluding hydrogens is 202 g/mol. The molecule has 1 rings (SSSR count). The van der Waals surface area contributed by atoms with E-state index in [0.29, 0.717) is 25.4 Å². The zero-order valence-electron chi connectivity index (χ0n) is 9.80. The predicted molar refractivity (Wildman–Crippen MR) is 62.7 cm³/mol. The number of carbonyl (C=O) groups is 1. The van der Waals surface area contributed by atoms with Gasteiger partial charge in [-0.25, -0.2) is 0 Å². The van der Waals surface area contributed by atoms with Gasteiger partial charge in [0.1, 0.15) is 0 Å². The minimum atomic E-state index is 0.116. The molecule has 0 aromatic heterocycles. The number of hydrogen-bond donors (Lipinski definition) is 2. The van der Waals surface area contributed by atoms with Crippen molar-refractivity contribution in [2.75, 3.05) is 13.1 Å². The van der Waals surface area contributed by atoms with Gasteiger partial charge >= 0.3 is 0 Å². The first kappa shape index (κ1) is 13.0. The Kier molecular flexibility index (Phi) is 6.59. The maximum Gasteiger partial charge on any atom is 0.220 e. The van der Waals surface area contributed by atoms with Gasteiger partial charge in [-0.05, 0) is 32.2 Å². The molecule has 1 heterocycles. The summed E-state index contributed by atoms with van der Waals surface area (Å²) in [4.78, 5) is 11.4. The summed E-state index contributed by atoms with van der Waals surface area (Å²) in [6, 6.07) is 2.59. The van der Waals surface area contributed by atoms with Gasteiger partial charge in [0, 0.05) is 25.4 Å². The Morgan fingerprint density at radius 1 is 1.50 bits per heavy atom. The lowest BCUT2D eigenvalue weighted by Gasteiger charge is -2.22. The minimum Gasteiger partial charge on any atom is -0.356 e. The van der Waals surface area contributed by atoms with E-state index in [9.17, 15) is 4.79 Å². The summed E-state index contributed by atoms with van der Waals surface area (Å²) in [5.41, 5.74) is 0. The number of amides is 1. The molecule has 1 amide bonds. The van der Waals surface area contributed by atoms with Crippen molar-refractivity contribution in [3.63, 3.8) is 0 Å². The highest BCUT2D eigenvalue weighted by atomic mass is 16.1. The molecule has 0 aromatic carbocycles. The molecule has 0 aliphatic carbocycles. The molecule has 1 aliphatic rings. The smallest absolute Gasteiger partial charge is 0.220 e. The van der Waals surface area contributed by atoms with Crippen molar-refractivity contribution in [1.29, 1.82) is 5.26 Å². The Morgan fingerprint density at radius 2 is 2.38 bits per heavy atom. The zero-order chi connectivity index (χ0) is 11.6. The zero-order valence-corrected chi connectivity index (χ0v) is 9.80. The van der Waals surface area contributed by atoms with Gasteiger partial charge in [-0.15, -0.1) is 0 Å². The summed E-state index contributed by atoms with van der Waals surface area (Å²) < 4.78 is 0. The van der Waals surface area contributed by atoms with Gasteiger partial charge < -0.3 is 10.6 Å². The van der Waals surface area contributed by atoms with E-state index in [0.717, 1.165) is 19.4 Å². The maximum absolute atomic E-state index is 11.4. The summed E-state index contributed by atoms with van der Waals surface area (Å²) in [6.45, 7) is 1.72. The van der Waals surface area contributed by atoms with Crippen LogP contribution >= 0.6 is 0 Å². The van der Waals surface area contributed by atoms with Crippen LogP contribution in [0, 0.1) is 11.3 Å². The van der Waals surface area contributed by atoms with Crippen LogP contribution in [0.5, 0.6) is 0 Å². The topological polar surface area (TPSA) is 64.9 Å². The van der Waals surface area contributed by atoms with Crippen molar-refractivity contribution >= 4 is 5.91 Å². The standard InChI is InChI=1S/C12H21N3O/c13-8-2-4-10-15-12(16)7-6-11-5-1-3-9-14-11/h11,14H,1-7,9-10H2,(H,15,16). The van der Waals surface area contributed by atoms with Gasteiger partial charge in [0.05, 0.1) is 6.07 Å². The van der Waals surface area contributed by atoms with Gasteiger partial charge in [-0.2, -0.15) is 5.26 Å². The van der Waals surface area contributed by atoms with E-state index in [1.807, 2.05) is 0 Å². The first-order chi connectivity index (χ1) is 7.83. The van der Waals surface area contributed by atoms with Gasteiger partial charge in [0.2, 0.25) is 5.91 Å². The third-order valence-electron chi connectivity index (χ3n) is 2.92. The first-order valence-corrected chi connectivity index (χ1v) is 6.20. The second-order valence-corrected chi connectivity index (χ2v) is 4.30. The average molecular weight is 223 g/mol. The number of nitrogens with one attached hydrogen (secondary N) is 2. The van der Waals surface area contributed by atoms with Crippen molar-refractivity contribution in [2.24, 2.45) is 0 Å². The Balaban J connectivity index is 1.99. The molecule has 90 valence electrons.